The fourth-order valence-electron chi connectivity index (χ4n) is 1.53. The topological polar surface area (TPSA) is 101 Å². The molecule has 2 rings (SSSR count). The Hall–Kier alpha value is -2.25. The highest BCUT2D eigenvalue weighted by molar-refractivity contribution is 6.33. The second-order valence-corrected chi connectivity index (χ2v) is 4.34. The van der Waals surface area contributed by atoms with Crippen LogP contribution in [0.3, 0.4) is 0 Å². The lowest BCUT2D eigenvalue weighted by Gasteiger charge is -2.12. The van der Waals surface area contributed by atoms with Gasteiger partial charge in [-0.05, 0) is 12.1 Å². The van der Waals surface area contributed by atoms with Crippen LogP contribution in [0.4, 0.5) is 11.5 Å². The predicted molar refractivity (Wildman–Crippen MR) is 73.6 cm³/mol. The minimum Gasteiger partial charge on any atom is -0.385 e. The van der Waals surface area contributed by atoms with E-state index in [2.05, 4.69) is 15.3 Å². The van der Waals surface area contributed by atoms with Gasteiger partial charge in [0.05, 0.1) is 15.6 Å². The van der Waals surface area contributed by atoms with E-state index in [-0.39, 0.29) is 23.1 Å². The van der Waals surface area contributed by atoms with Crippen molar-refractivity contribution in [3.05, 3.63) is 57.5 Å². The largest absolute Gasteiger partial charge is 0.385 e. The molecule has 2 heterocycles. The first-order chi connectivity index (χ1) is 9.58. The van der Waals surface area contributed by atoms with Crippen molar-refractivity contribution >= 4 is 23.1 Å². The molecule has 2 aromatic rings. The number of aromatic nitrogens is 2. The van der Waals surface area contributed by atoms with Crippen LogP contribution in [-0.2, 0) is 0 Å². The standard InChI is InChI=1S/C12H11ClN4O3/c13-9-5-8(17(19)20)6-15-12(9)16-7-11(18)10-3-1-2-4-14-10/h1-6,11,18H,7H2,(H,15,16). The van der Waals surface area contributed by atoms with Gasteiger partial charge in [0.15, 0.2) is 0 Å². The van der Waals surface area contributed by atoms with E-state index in [0.717, 1.165) is 6.20 Å². The fourth-order valence-corrected chi connectivity index (χ4v) is 1.76. The van der Waals surface area contributed by atoms with Crippen LogP contribution in [0.5, 0.6) is 0 Å². The number of hydrogen-bond donors (Lipinski definition) is 2. The second-order valence-electron chi connectivity index (χ2n) is 3.93. The number of anilines is 1. The van der Waals surface area contributed by atoms with Gasteiger partial charge in [0.1, 0.15) is 18.1 Å². The third kappa shape index (κ3) is 3.40. The molecule has 1 unspecified atom stereocenters. The van der Waals surface area contributed by atoms with Crippen molar-refractivity contribution in [2.75, 3.05) is 11.9 Å². The van der Waals surface area contributed by atoms with Crippen LogP contribution >= 0.6 is 11.6 Å². The Labute approximate surface area is 119 Å². The van der Waals surface area contributed by atoms with Crippen molar-refractivity contribution < 1.29 is 10.0 Å². The Morgan fingerprint density at radius 3 is 2.85 bits per heavy atom. The molecule has 0 saturated heterocycles. The summed E-state index contributed by atoms with van der Waals surface area (Å²) in [6.07, 6.45) is 1.85. The third-order valence-electron chi connectivity index (χ3n) is 2.53. The molecular weight excluding hydrogens is 284 g/mol. The molecule has 0 saturated carbocycles. The molecule has 0 amide bonds. The maximum Gasteiger partial charge on any atom is 0.289 e. The van der Waals surface area contributed by atoms with E-state index in [0.29, 0.717) is 5.69 Å². The van der Waals surface area contributed by atoms with Crippen molar-refractivity contribution in [3.8, 4) is 0 Å². The van der Waals surface area contributed by atoms with Crippen LogP contribution in [-0.4, -0.2) is 26.5 Å². The average Bonchev–Trinajstić information content (AvgIpc) is 2.46. The molecule has 2 aromatic heterocycles. The van der Waals surface area contributed by atoms with Crippen molar-refractivity contribution in [1.82, 2.24) is 9.97 Å². The summed E-state index contributed by atoms with van der Waals surface area (Å²) in [7, 11) is 0. The lowest BCUT2D eigenvalue weighted by atomic mass is 10.2. The van der Waals surface area contributed by atoms with Crippen molar-refractivity contribution in [3.63, 3.8) is 0 Å². The van der Waals surface area contributed by atoms with Gasteiger partial charge in [-0.3, -0.25) is 15.1 Å². The number of nitrogens with one attached hydrogen (secondary N) is 1. The van der Waals surface area contributed by atoms with Gasteiger partial charge in [0.25, 0.3) is 5.69 Å². The SMILES string of the molecule is O=[N+]([O-])c1cnc(NCC(O)c2ccccn2)c(Cl)c1. The number of aliphatic hydroxyl groups excluding tert-OH is 1. The molecule has 104 valence electrons. The predicted octanol–water partition coefficient (Wildman–Crippen LogP) is 2.18. The van der Waals surface area contributed by atoms with E-state index in [1.807, 2.05) is 0 Å². The molecular formula is C12H11ClN4O3. The van der Waals surface area contributed by atoms with Crippen LogP contribution in [0.25, 0.3) is 0 Å². The maximum absolute atomic E-state index is 10.6. The van der Waals surface area contributed by atoms with E-state index in [4.69, 9.17) is 11.6 Å². The summed E-state index contributed by atoms with van der Waals surface area (Å²) in [5.74, 6) is 0.271. The van der Waals surface area contributed by atoms with Crippen molar-refractivity contribution in [2.24, 2.45) is 0 Å². The highest BCUT2D eigenvalue weighted by Crippen LogP contribution is 2.24. The molecule has 0 radical (unpaired) electrons. The summed E-state index contributed by atoms with van der Waals surface area (Å²) in [6, 6.07) is 6.41. The number of nitrogens with zero attached hydrogens (tertiary/aromatic N) is 3. The van der Waals surface area contributed by atoms with Crippen molar-refractivity contribution in [2.45, 2.75) is 6.10 Å². The minimum absolute atomic E-state index is 0.118. The minimum atomic E-state index is -0.829. The Kier molecular flexibility index (Phi) is 4.44. The molecule has 20 heavy (non-hydrogen) atoms. The molecule has 0 aromatic carbocycles. The smallest absolute Gasteiger partial charge is 0.289 e. The number of rotatable bonds is 5. The fraction of sp³-hybridized carbons (Fsp3) is 0.167. The Morgan fingerprint density at radius 2 is 2.25 bits per heavy atom. The molecule has 0 spiro atoms. The second kappa shape index (κ2) is 6.27. The summed E-state index contributed by atoms with van der Waals surface area (Å²) >= 11 is 5.88. The van der Waals surface area contributed by atoms with Gasteiger partial charge < -0.3 is 10.4 Å². The lowest BCUT2D eigenvalue weighted by Crippen LogP contribution is -2.14. The van der Waals surface area contributed by atoms with Gasteiger partial charge in [0.2, 0.25) is 0 Å². The van der Waals surface area contributed by atoms with Gasteiger partial charge in [-0.15, -0.1) is 0 Å². The number of halogens is 1. The van der Waals surface area contributed by atoms with Crippen LogP contribution in [0, 0.1) is 10.1 Å². The highest BCUT2D eigenvalue weighted by atomic mass is 35.5. The molecule has 1 atom stereocenters. The van der Waals surface area contributed by atoms with Crippen LogP contribution < -0.4 is 5.32 Å². The van der Waals surface area contributed by atoms with E-state index in [1.54, 1.807) is 24.4 Å². The first-order valence-electron chi connectivity index (χ1n) is 5.70. The molecule has 0 bridgehead atoms. The zero-order valence-corrected chi connectivity index (χ0v) is 11.0. The summed E-state index contributed by atoms with van der Waals surface area (Å²) in [6.45, 7) is 0.140. The van der Waals surface area contributed by atoms with Crippen molar-refractivity contribution in [1.29, 1.82) is 0 Å². The zero-order chi connectivity index (χ0) is 14.5. The van der Waals surface area contributed by atoms with Gasteiger partial charge >= 0.3 is 0 Å². The number of aliphatic hydroxyl groups is 1. The Balaban J connectivity index is 2.02. The maximum atomic E-state index is 10.6. The van der Waals surface area contributed by atoms with E-state index in [9.17, 15) is 15.2 Å². The normalized spacial score (nSPS) is 11.9. The summed E-state index contributed by atoms with van der Waals surface area (Å²) < 4.78 is 0. The van der Waals surface area contributed by atoms with E-state index in [1.165, 1.54) is 6.07 Å². The average molecular weight is 295 g/mol. The van der Waals surface area contributed by atoms with Crippen LogP contribution in [0.1, 0.15) is 11.8 Å². The molecule has 0 fully saturated rings. The summed E-state index contributed by atoms with van der Waals surface area (Å²) in [5.41, 5.74) is 0.323. The molecule has 7 nitrogen and oxygen atoms in total. The molecule has 0 aliphatic heterocycles. The van der Waals surface area contributed by atoms with Gasteiger partial charge in [-0.25, -0.2) is 4.98 Å². The number of nitro groups is 1. The Morgan fingerprint density at radius 1 is 1.45 bits per heavy atom. The van der Waals surface area contributed by atoms with Gasteiger partial charge in [0, 0.05) is 18.8 Å². The Bertz CT molecular complexity index is 609. The first-order valence-corrected chi connectivity index (χ1v) is 6.08. The quantitative estimate of drug-likeness (QED) is 0.647. The number of hydrogen-bond acceptors (Lipinski definition) is 6. The van der Waals surface area contributed by atoms with Gasteiger partial charge in [-0.2, -0.15) is 0 Å². The van der Waals surface area contributed by atoms with Crippen LogP contribution in [0.15, 0.2) is 36.7 Å². The molecule has 8 heteroatoms. The molecule has 0 aliphatic rings. The molecule has 0 aliphatic carbocycles. The first kappa shape index (κ1) is 14.2. The highest BCUT2D eigenvalue weighted by Gasteiger charge is 2.13. The zero-order valence-electron chi connectivity index (χ0n) is 10.2. The summed E-state index contributed by atoms with van der Waals surface area (Å²) in [5, 5.41) is 23.4. The van der Waals surface area contributed by atoms with E-state index < -0.39 is 11.0 Å². The van der Waals surface area contributed by atoms with Gasteiger partial charge in [-0.1, -0.05) is 17.7 Å². The summed E-state index contributed by atoms with van der Waals surface area (Å²) in [4.78, 5) is 17.8. The molecule has 2 N–H and O–H groups in total. The monoisotopic (exact) mass is 294 g/mol. The van der Waals surface area contributed by atoms with Crippen LogP contribution in [0.2, 0.25) is 5.02 Å². The van der Waals surface area contributed by atoms with E-state index >= 15 is 0 Å². The third-order valence-corrected chi connectivity index (χ3v) is 2.82. The number of pyridine rings is 2. The lowest BCUT2D eigenvalue weighted by molar-refractivity contribution is -0.385.